The summed E-state index contributed by atoms with van der Waals surface area (Å²) >= 11 is 6.02. The molecule has 0 aromatic heterocycles. The standard InChI is InChI=1S/C16H20ClNO3S/c1-11-7-12-8-13(17)3-4-14(12)18(11)15(19)9-16(5-6-16)10-22(2,20)21/h3-4,8,11H,5-7,9-10H2,1-2H3. The maximum absolute atomic E-state index is 12.7. The molecule has 0 saturated heterocycles. The molecule has 2 aliphatic rings. The summed E-state index contributed by atoms with van der Waals surface area (Å²) in [5.74, 6) is 0.135. The van der Waals surface area contributed by atoms with E-state index < -0.39 is 9.84 Å². The summed E-state index contributed by atoms with van der Waals surface area (Å²) in [6.45, 7) is 2.02. The molecule has 120 valence electrons. The minimum absolute atomic E-state index is 0.0229. The van der Waals surface area contributed by atoms with Gasteiger partial charge in [-0.25, -0.2) is 8.42 Å². The third-order valence-corrected chi connectivity index (χ3v) is 5.95. The smallest absolute Gasteiger partial charge is 0.227 e. The second-order valence-corrected chi connectivity index (χ2v) is 9.41. The number of halogens is 1. The molecule has 0 spiro atoms. The Kier molecular flexibility index (Phi) is 3.76. The zero-order chi connectivity index (χ0) is 16.1. The first kappa shape index (κ1) is 15.8. The highest BCUT2D eigenvalue weighted by Crippen LogP contribution is 2.50. The van der Waals surface area contributed by atoms with Gasteiger partial charge >= 0.3 is 0 Å². The van der Waals surface area contributed by atoms with Crippen LogP contribution in [0.2, 0.25) is 5.02 Å². The van der Waals surface area contributed by atoms with Gasteiger partial charge in [0.15, 0.2) is 0 Å². The van der Waals surface area contributed by atoms with Gasteiger partial charge in [0.2, 0.25) is 5.91 Å². The quantitative estimate of drug-likeness (QED) is 0.846. The molecule has 1 unspecified atom stereocenters. The van der Waals surface area contributed by atoms with E-state index in [0.717, 1.165) is 30.5 Å². The van der Waals surface area contributed by atoms with E-state index in [0.29, 0.717) is 11.4 Å². The summed E-state index contributed by atoms with van der Waals surface area (Å²) in [7, 11) is -3.06. The Labute approximate surface area is 136 Å². The normalized spacial score (nSPS) is 22.5. The first-order chi connectivity index (χ1) is 10.2. The Hall–Kier alpha value is -1.07. The van der Waals surface area contributed by atoms with Crippen molar-refractivity contribution in [1.82, 2.24) is 0 Å². The molecule has 1 atom stereocenters. The van der Waals surface area contributed by atoms with E-state index in [2.05, 4.69) is 0 Å². The van der Waals surface area contributed by atoms with Gasteiger partial charge in [0.25, 0.3) is 0 Å². The first-order valence-corrected chi connectivity index (χ1v) is 9.91. The molecule has 1 aromatic rings. The topological polar surface area (TPSA) is 54.5 Å². The van der Waals surface area contributed by atoms with Crippen LogP contribution in [0.4, 0.5) is 5.69 Å². The molecule has 0 radical (unpaired) electrons. The highest BCUT2D eigenvalue weighted by Gasteiger charge is 2.48. The van der Waals surface area contributed by atoms with Gasteiger partial charge in [0, 0.05) is 29.4 Å². The maximum atomic E-state index is 12.7. The van der Waals surface area contributed by atoms with Gasteiger partial charge in [0.1, 0.15) is 9.84 Å². The average Bonchev–Trinajstić information content (AvgIpc) is 2.99. The number of carbonyl (C=O) groups excluding carboxylic acids is 1. The molecule has 1 fully saturated rings. The molecular weight excluding hydrogens is 322 g/mol. The Morgan fingerprint density at radius 1 is 1.41 bits per heavy atom. The van der Waals surface area contributed by atoms with E-state index >= 15 is 0 Å². The first-order valence-electron chi connectivity index (χ1n) is 7.47. The van der Waals surface area contributed by atoms with Crippen LogP contribution in [-0.4, -0.2) is 32.4 Å². The highest BCUT2D eigenvalue weighted by molar-refractivity contribution is 7.90. The largest absolute Gasteiger partial charge is 0.309 e. The summed E-state index contributed by atoms with van der Waals surface area (Å²) < 4.78 is 23.1. The fourth-order valence-electron chi connectivity index (χ4n) is 3.49. The monoisotopic (exact) mass is 341 g/mol. The van der Waals surface area contributed by atoms with Crippen LogP contribution in [0.3, 0.4) is 0 Å². The van der Waals surface area contributed by atoms with Crippen LogP contribution in [-0.2, 0) is 21.1 Å². The molecule has 1 amide bonds. The zero-order valence-corrected chi connectivity index (χ0v) is 14.4. The molecule has 1 aliphatic heterocycles. The van der Waals surface area contributed by atoms with Crippen molar-refractivity contribution in [3.63, 3.8) is 0 Å². The Balaban J connectivity index is 1.79. The van der Waals surface area contributed by atoms with Crippen molar-refractivity contribution < 1.29 is 13.2 Å². The molecule has 1 aromatic carbocycles. The van der Waals surface area contributed by atoms with E-state index in [9.17, 15) is 13.2 Å². The van der Waals surface area contributed by atoms with Gasteiger partial charge in [0.05, 0.1) is 5.75 Å². The van der Waals surface area contributed by atoms with Gasteiger partial charge in [-0.15, -0.1) is 0 Å². The van der Waals surface area contributed by atoms with Crippen LogP contribution in [0, 0.1) is 5.41 Å². The third kappa shape index (κ3) is 3.15. The molecule has 22 heavy (non-hydrogen) atoms. The number of amides is 1. The maximum Gasteiger partial charge on any atom is 0.227 e. The summed E-state index contributed by atoms with van der Waals surface area (Å²) in [6.07, 6.45) is 3.99. The molecule has 6 heteroatoms. The lowest BCUT2D eigenvalue weighted by Gasteiger charge is -2.25. The fourth-order valence-corrected chi connectivity index (χ4v) is 5.19. The van der Waals surface area contributed by atoms with Crippen LogP contribution in [0.5, 0.6) is 0 Å². The number of nitrogens with zero attached hydrogens (tertiary/aromatic N) is 1. The van der Waals surface area contributed by atoms with Gasteiger partial charge in [-0.1, -0.05) is 11.6 Å². The van der Waals surface area contributed by atoms with Crippen LogP contribution in [0.15, 0.2) is 18.2 Å². The van der Waals surface area contributed by atoms with Crippen molar-refractivity contribution in [2.45, 2.75) is 38.6 Å². The Morgan fingerprint density at radius 2 is 2.09 bits per heavy atom. The van der Waals surface area contributed by atoms with Crippen molar-refractivity contribution in [2.24, 2.45) is 5.41 Å². The molecule has 4 nitrogen and oxygen atoms in total. The molecule has 0 N–H and O–H groups in total. The molecule has 0 bridgehead atoms. The fraction of sp³-hybridized carbons (Fsp3) is 0.562. The number of anilines is 1. The second kappa shape index (κ2) is 5.24. The summed E-state index contributed by atoms with van der Waals surface area (Å²) in [4.78, 5) is 14.6. The van der Waals surface area contributed by atoms with Gasteiger partial charge in [-0.05, 0) is 55.4 Å². The summed E-state index contributed by atoms with van der Waals surface area (Å²) in [6, 6.07) is 5.68. The van der Waals surface area contributed by atoms with Crippen molar-refractivity contribution in [2.75, 3.05) is 16.9 Å². The van der Waals surface area contributed by atoms with Crippen LogP contribution < -0.4 is 4.90 Å². The second-order valence-electron chi connectivity index (χ2n) is 6.84. The molecular formula is C16H20ClNO3S. The lowest BCUT2D eigenvalue weighted by Crippen LogP contribution is -2.37. The third-order valence-electron chi connectivity index (χ3n) is 4.58. The van der Waals surface area contributed by atoms with Crippen molar-refractivity contribution in [3.05, 3.63) is 28.8 Å². The predicted octanol–water partition coefficient (Wildman–Crippen LogP) is 2.83. The van der Waals surface area contributed by atoms with E-state index in [1.54, 1.807) is 6.07 Å². The number of hydrogen-bond donors (Lipinski definition) is 0. The van der Waals surface area contributed by atoms with Gasteiger partial charge < -0.3 is 4.90 Å². The van der Waals surface area contributed by atoms with Crippen LogP contribution in [0.1, 0.15) is 31.7 Å². The van der Waals surface area contributed by atoms with E-state index in [1.165, 1.54) is 6.26 Å². The minimum Gasteiger partial charge on any atom is -0.309 e. The number of benzene rings is 1. The van der Waals surface area contributed by atoms with Crippen LogP contribution in [0.25, 0.3) is 0 Å². The molecule has 1 aliphatic carbocycles. The molecule has 1 heterocycles. The number of rotatable bonds is 4. The average molecular weight is 342 g/mol. The predicted molar refractivity (Wildman–Crippen MR) is 88.1 cm³/mol. The van der Waals surface area contributed by atoms with Gasteiger partial charge in [-0.3, -0.25) is 4.79 Å². The SMILES string of the molecule is CC1Cc2cc(Cl)ccc2N1C(=O)CC1(CS(C)(=O)=O)CC1. The lowest BCUT2D eigenvalue weighted by molar-refractivity contribution is -0.119. The molecule has 3 rings (SSSR count). The minimum atomic E-state index is -3.06. The number of hydrogen-bond acceptors (Lipinski definition) is 3. The Morgan fingerprint density at radius 3 is 2.68 bits per heavy atom. The number of fused-ring (bicyclic) bond motifs is 1. The highest BCUT2D eigenvalue weighted by atomic mass is 35.5. The van der Waals surface area contributed by atoms with Crippen LogP contribution >= 0.6 is 11.6 Å². The van der Waals surface area contributed by atoms with E-state index in [1.807, 2.05) is 24.0 Å². The van der Waals surface area contributed by atoms with Gasteiger partial charge in [-0.2, -0.15) is 0 Å². The van der Waals surface area contributed by atoms with Crippen molar-refractivity contribution >= 4 is 33.0 Å². The number of carbonyl (C=O) groups is 1. The summed E-state index contributed by atoms with van der Waals surface area (Å²) in [5.41, 5.74) is 1.66. The zero-order valence-electron chi connectivity index (χ0n) is 12.8. The lowest BCUT2D eigenvalue weighted by atomic mass is 10.0. The van der Waals surface area contributed by atoms with E-state index in [-0.39, 0.29) is 23.1 Å². The number of sulfone groups is 1. The summed E-state index contributed by atoms with van der Waals surface area (Å²) in [5, 5.41) is 0.677. The molecule has 1 saturated carbocycles. The van der Waals surface area contributed by atoms with Crippen molar-refractivity contribution in [1.29, 1.82) is 0 Å². The van der Waals surface area contributed by atoms with Crippen molar-refractivity contribution in [3.8, 4) is 0 Å². The Bertz CT molecular complexity index is 725. The van der Waals surface area contributed by atoms with E-state index in [4.69, 9.17) is 11.6 Å².